The van der Waals surface area contributed by atoms with E-state index in [0.29, 0.717) is 23.4 Å². The Morgan fingerprint density at radius 1 is 1.30 bits per heavy atom. The molecule has 3 nitrogen and oxygen atoms in total. The van der Waals surface area contributed by atoms with E-state index in [4.69, 9.17) is 17.3 Å². The molecule has 1 aliphatic carbocycles. The average molecular weight is 296 g/mol. The molecule has 0 radical (unpaired) electrons. The third-order valence-corrected chi connectivity index (χ3v) is 4.70. The molecule has 2 aromatic rings. The van der Waals surface area contributed by atoms with Gasteiger partial charge in [0, 0.05) is 12.1 Å². The predicted octanol–water partition coefficient (Wildman–Crippen LogP) is 4.55. The van der Waals surface area contributed by atoms with Crippen LogP contribution in [0.2, 0.25) is 5.02 Å². The van der Waals surface area contributed by atoms with Crippen LogP contribution < -0.4 is 5.73 Å². The van der Waals surface area contributed by atoms with Crippen molar-refractivity contribution < 1.29 is 4.39 Å². The summed E-state index contributed by atoms with van der Waals surface area (Å²) < 4.78 is 15.6. The summed E-state index contributed by atoms with van der Waals surface area (Å²) in [5, 5.41) is 0.125. The number of hydrogen-bond donors (Lipinski definition) is 1. The second kappa shape index (κ2) is 5.24. The molecule has 2 atom stereocenters. The maximum Gasteiger partial charge on any atom is 0.201 e. The lowest BCUT2D eigenvalue weighted by molar-refractivity contribution is 0.344. The van der Waals surface area contributed by atoms with E-state index in [1.165, 1.54) is 31.7 Å². The lowest BCUT2D eigenvalue weighted by Gasteiger charge is -2.24. The van der Waals surface area contributed by atoms with Gasteiger partial charge in [0.2, 0.25) is 5.95 Å². The summed E-state index contributed by atoms with van der Waals surface area (Å²) in [6.07, 6.45) is 6.01. The van der Waals surface area contributed by atoms with Crippen molar-refractivity contribution in [3.05, 3.63) is 23.0 Å². The third-order valence-electron chi connectivity index (χ3n) is 4.41. The van der Waals surface area contributed by atoms with Crippen LogP contribution in [0.25, 0.3) is 11.0 Å². The van der Waals surface area contributed by atoms with Gasteiger partial charge in [-0.25, -0.2) is 9.37 Å². The highest BCUT2D eigenvalue weighted by atomic mass is 35.5. The van der Waals surface area contributed by atoms with E-state index in [9.17, 15) is 4.39 Å². The van der Waals surface area contributed by atoms with Crippen molar-refractivity contribution in [3.63, 3.8) is 0 Å². The molecule has 5 heteroatoms. The number of aromatic nitrogens is 2. The van der Waals surface area contributed by atoms with Gasteiger partial charge in [-0.3, -0.25) is 0 Å². The SMILES string of the molecule is CC1CCCCCC1n1c(N)nc2cc(F)c(Cl)cc21. The molecular weight excluding hydrogens is 277 g/mol. The number of hydrogen-bond acceptors (Lipinski definition) is 2. The number of imidazole rings is 1. The number of nitrogens with zero attached hydrogens (tertiary/aromatic N) is 2. The second-order valence-corrected chi connectivity index (χ2v) is 6.18. The van der Waals surface area contributed by atoms with Crippen molar-refractivity contribution in [1.29, 1.82) is 0 Å². The maximum atomic E-state index is 13.6. The Bertz CT molecular complexity index is 638. The summed E-state index contributed by atoms with van der Waals surface area (Å²) in [5.41, 5.74) is 7.51. The summed E-state index contributed by atoms with van der Waals surface area (Å²) in [5.74, 6) is 0.555. The highest BCUT2D eigenvalue weighted by Crippen LogP contribution is 2.37. The Balaban J connectivity index is 2.14. The average Bonchev–Trinajstić information content (AvgIpc) is 2.58. The Hall–Kier alpha value is -1.29. The first-order valence-electron chi connectivity index (χ1n) is 7.20. The van der Waals surface area contributed by atoms with Crippen LogP contribution in [0.4, 0.5) is 10.3 Å². The molecule has 2 N–H and O–H groups in total. The highest BCUT2D eigenvalue weighted by molar-refractivity contribution is 6.31. The maximum absolute atomic E-state index is 13.6. The minimum atomic E-state index is -0.447. The van der Waals surface area contributed by atoms with Gasteiger partial charge in [0.05, 0.1) is 16.1 Å². The number of nitrogen functional groups attached to an aromatic ring is 1. The summed E-state index contributed by atoms with van der Waals surface area (Å²) in [6.45, 7) is 2.26. The summed E-state index contributed by atoms with van der Waals surface area (Å²) in [6, 6.07) is 3.34. The van der Waals surface area contributed by atoms with Crippen molar-refractivity contribution in [2.24, 2.45) is 5.92 Å². The highest BCUT2D eigenvalue weighted by Gasteiger charge is 2.25. The Morgan fingerprint density at radius 3 is 2.85 bits per heavy atom. The van der Waals surface area contributed by atoms with Gasteiger partial charge in [0.25, 0.3) is 0 Å². The summed E-state index contributed by atoms with van der Waals surface area (Å²) in [4.78, 5) is 4.30. The minimum absolute atomic E-state index is 0.125. The van der Waals surface area contributed by atoms with Crippen molar-refractivity contribution in [2.45, 2.75) is 45.1 Å². The van der Waals surface area contributed by atoms with Crippen LogP contribution in [0.15, 0.2) is 12.1 Å². The van der Waals surface area contributed by atoms with Crippen molar-refractivity contribution >= 4 is 28.6 Å². The normalized spacial score (nSPS) is 23.9. The molecule has 1 aliphatic rings. The van der Waals surface area contributed by atoms with Crippen molar-refractivity contribution in [2.75, 3.05) is 5.73 Å². The Morgan fingerprint density at radius 2 is 2.05 bits per heavy atom. The summed E-state index contributed by atoms with van der Waals surface area (Å²) in [7, 11) is 0. The molecule has 1 aromatic carbocycles. The van der Waals surface area contributed by atoms with Crippen LogP contribution in [0.1, 0.15) is 45.1 Å². The standard InChI is InChI=1S/C15H19ClFN3/c1-9-5-3-2-4-6-13(9)20-14-7-10(16)11(17)8-12(14)19-15(20)18/h7-9,13H,2-6H2,1H3,(H2,18,19). The van der Waals surface area contributed by atoms with E-state index in [1.807, 2.05) is 0 Å². The van der Waals surface area contributed by atoms with Crippen LogP contribution in [-0.2, 0) is 0 Å². The van der Waals surface area contributed by atoms with Gasteiger partial charge in [-0.15, -0.1) is 0 Å². The molecule has 1 saturated carbocycles. The van der Waals surface area contributed by atoms with Crippen LogP contribution in [0.3, 0.4) is 0 Å². The van der Waals surface area contributed by atoms with E-state index in [1.54, 1.807) is 6.07 Å². The molecule has 3 rings (SSSR count). The molecule has 2 unspecified atom stereocenters. The molecular formula is C15H19ClFN3. The first-order chi connectivity index (χ1) is 9.58. The Labute approximate surface area is 122 Å². The number of halogens is 2. The molecule has 0 spiro atoms. The third kappa shape index (κ3) is 2.26. The van der Waals surface area contributed by atoms with Crippen molar-refractivity contribution in [1.82, 2.24) is 9.55 Å². The smallest absolute Gasteiger partial charge is 0.201 e. The first kappa shape index (κ1) is 13.7. The van der Waals surface area contributed by atoms with Crippen molar-refractivity contribution in [3.8, 4) is 0 Å². The lowest BCUT2D eigenvalue weighted by Crippen LogP contribution is -2.18. The van der Waals surface area contributed by atoms with Gasteiger partial charge in [0.15, 0.2) is 0 Å². The zero-order valence-corrected chi connectivity index (χ0v) is 12.3. The number of nitrogens with two attached hydrogens (primary N) is 1. The largest absolute Gasteiger partial charge is 0.369 e. The summed E-state index contributed by atoms with van der Waals surface area (Å²) >= 11 is 5.92. The topological polar surface area (TPSA) is 43.8 Å². The first-order valence-corrected chi connectivity index (χ1v) is 7.58. The van der Waals surface area contributed by atoms with Gasteiger partial charge in [0.1, 0.15) is 5.82 Å². The Kier molecular flexibility index (Phi) is 3.59. The quantitative estimate of drug-likeness (QED) is 0.784. The number of fused-ring (bicyclic) bond motifs is 1. The molecule has 108 valence electrons. The van der Waals surface area contributed by atoms with E-state index in [0.717, 1.165) is 11.9 Å². The van der Waals surface area contributed by atoms with E-state index < -0.39 is 5.82 Å². The number of rotatable bonds is 1. The van der Waals surface area contributed by atoms with E-state index in [-0.39, 0.29) is 5.02 Å². The zero-order valence-electron chi connectivity index (χ0n) is 11.6. The van der Waals surface area contributed by atoms with Crippen LogP contribution in [0, 0.1) is 11.7 Å². The van der Waals surface area contributed by atoms with E-state index in [2.05, 4.69) is 16.5 Å². The fourth-order valence-corrected chi connectivity index (χ4v) is 3.47. The molecule has 0 saturated heterocycles. The van der Waals surface area contributed by atoms with Gasteiger partial charge in [-0.1, -0.05) is 37.8 Å². The number of anilines is 1. The van der Waals surface area contributed by atoms with Crippen LogP contribution >= 0.6 is 11.6 Å². The predicted molar refractivity (Wildman–Crippen MR) is 80.4 cm³/mol. The molecule has 1 fully saturated rings. The lowest BCUT2D eigenvalue weighted by atomic mass is 9.96. The fourth-order valence-electron chi connectivity index (χ4n) is 3.31. The molecule has 0 bridgehead atoms. The van der Waals surface area contributed by atoms with Gasteiger partial charge in [-0.05, 0) is 24.8 Å². The van der Waals surface area contributed by atoms with E-state index >= 15 is 0 Å². The van der Waals surface area contributed by atoms with Crippen LogP contribution in [-0.4, -0.2) is 9.55 Å². The molecule has 0 amide bonds. The molecule has 20 heavy (non-hydrogen) atoms. The fraction of sp³-hybridized carbons (Fsp3) is 0.533. The van der Waals surface area contributed by atoms with Crippen LogP contribution in [0.5, 0.6) is 0 Å². The monoisotopic (exact) mass is 295 g/mol. The van der Waals surface area contributed by atoms with Gasteiger partial charge >= 0.3 is 0 Å². The molecule has 1 heterocycles. The molecule has 0 aliphatic heterocycles. The number of benzene rings is 1. The second-order valence-electron chi connectivity index (χ2n) is 5.78. The zero-order chi connectivity index (χ0) is 14.3. The van der Waals surface area contributed by atoms with Gasteiger partial charge in [-0.2, -0.15) is 0 Å². The molecule has 1 aromatic heterocycles. The van der Waals surface area contributed by atoms with Gasteiger partial charge < -0.3 is 10.3 Å². The minimum Gasteiger partial charge on any atom is -0.369 e.